The first-order valence-corrected chi connectivity index (χ1v) is 6.74. The van der Waals surface area contributed by atoms with Crippen molar-refractivity contribution in [3.63, 3.8) is 0 Å². The number of carbonyl (C=O) groups excluding carboxylic acids is 1. The summed E-state index contributed by atoms with van der Waals surface area (Å²) in [7, 11) is 0. The lowest BCUT2D eigenvalue weighted by Crippen LogP contribution is -2.05. The van der Waals surface area contributed by atoms with Crippen molar-refractivity contribution in [2.75, 3.05) is 6.61 Å². The van der Waals surface area contributed by atoms with Crippen LogP contribution in [0.2, 0.25) is 0 Å². The minimum absolute atomic E-state index is 0.0752. The first-order chi connectivity index (χ1) is 8.81. The van der Waals surface area contributed by atoms with E-state index < -0.39 is 0 Å². The van der Waals surface area contributed by atoms with E-state index in [1.54, 1.807) is 0 Å². The Morgan fingerprint density at radius 3 is 3.00 bits per heavy atom. The summed E-state index contributed by atoms with van der Waals surface area (Å²) in [5.74, 6) is -0.0752. The van der Waals surface area contributed by atoms with Crippen LogP contribution < -0.4 is 0 Å². The van der Waals surface area contributed by atoms with Gasteiger partial charge >= 0.3 is 5.97 Å². The molecule has 2 heteroatoms. The molecule has 1 aromatic rings. The number of unbranched alkanes of at least 4 members (excludes halogenated alkanes) is 1. The van der Waals surface area contributed by atoms with Gasteiger partial charge in [0.15, 0.2) is 0 Å². The number of hydrogen-bond acceptors (Lipinski definition) is 2. The third kappa shape index (κ3) is 3.22. The highest BCUT2D eigenvalue weighted by Gasteiger charge is 2.14. The summed E-state index contributed by atoms with van der Waals surface area (Å²) >= 11 is 0. The van der Waals surface area contributed by atoms with E-state index >= 15 is 0 Å². The second kappa shape index (κ2) is 6.39. The molecule has 0 N–H and O–H groups in total. The van der Waals surface area contributed by atoms with Gasteiger partial charge in [-0.15, -0.1) is 0 Å². The molecule has 0 saturated heterocycles. The molecule has 18 heavy (non-hydrogen) atoms. The highest BCUT2D eigenvalue weighted by molar-refractivity contribution is 5.77. The van der Waals surface area contributed by atoms with Gasteiger partial charge in [-0.1, -0.05) is 43.7 Å². The lowest BCUT2D eigenvalue weighted by atomic mass is 10.0. The lowest BCUT2D eigenvalue weighted by molar-refractivity contribution is -0.143. The maximum absolute atomic E-state index is 11.5. The molecule has 1 aliphatic rings. The van der Waals surface area contributed by atoms with Crippen molar-refractivity contribution in [3.05, 3.63) is 41.5 Å². The van der Waals surface area contributed by atoms with E-state index in [9.17, 15) is 4.79 Å². The molecule has 2 rings (SSSR count). The van der Waals surface area contributed by atoms with Crippen LogP contribution >= 0.6 is 0 Å². The first-order valence-electron chi connectivity index (χ1n) is 6.74. The van der Waals surface area contributed by atoms with E-state index in [1.807, 2.05) is 0 Å². The summed E-state index contributed by atoms with van der Waals surface area (Å²) in [6, 6.07) is 8.40. The van der Waals surface area contributed by atoms with Gasteiger partial charge in [-0.25, -0.2) is 0 Å². The average molecular weight is 244 g/mol. The summed E-state index contributed by atoms with van der Waals surface area (Å²) < 4.78 is 5.16. The van der Waals surface area contributed by atoms with Crippen LogP contribution in [0.15, 0.2) is 30.3 Å². The number of allylic oxidation sites excluding steroid dienone is 2. The van der Waals surface area contributed by atoms with Crippen LogP contribution in [0.25, 0.3) is 5.57 Å². The minimum atomic E-state index is -0.0752. The van der Waals surface area contributed by atoms with Crippen LogP contribution in [0.5, 0.6) is 0 Å². The fourth-order valence-corrected chi connectivity index (χ4v) is 2.23. The van der Waals surface area contributed by atoms with Gasteiger partial charge in [0.05, 0.1) is 6.61 Å². The Kier molecular flexibility index (Phi) is 4.57. The van der Waals surface area contributed by atoms with Crippen LogP contribution in [0, 0.1) is 0 Å². The Hall–Kier alpha value is -1.57. The van der Waals surface area contributed by atoms with Crippen molar-refractivity contribution in [2.24, 2.45) is 0 Å². The Balaban J connectivity index is 1.80. The predicted molar refractivity (Wildman–Crippen MR) is 73.2 cm³/mol. The van der Waals surface area contributed by atoms with Gasteiger partial charge < -0.3 is 4.74 Å². The van der Waals surface area contributed by atoms with Crippen molar-refractivity contribution < 1.29 is 9.53 Å². The maximum Gasteiger partial charge on any atom is 0.306 e. The fourth-order valence-electron chi connectivity index (χ4n) is 2.23. The maximum atomic E-state index is 11.5. The first kappa shape index (κ1) is 12.9. The molecule has 96 valence electrons. The van der Waals surface area contributed by atoms with Crippen LogP contribution in [-0.4, -0.2) is 12.6 Å². The molecule has 0 unspecified atom stereocenters. The molecule has 0 heterocycles. The van der Waals surface area contributed by atoms with Crippen LogP contribution in [0.1, 0.15) is 43.7 Å². The standard InChI is InChI=1S/C16H20O2/c1-2-3-12-18-16(17)11-10-14-9-8-13-6-4-5-7-15(13)14/h4-7,9H,2-3,8,10-12H2,1H3. The number of esters is 1. The summed E-state index contributed by atoms with van der Waals surface area (Å²) in [4.78, 5) is 11.5. The molecular formula is C16H20O2. The zero-order valence-electron chi connectivity index (χ0n) is 10.9. The summed E-state index contributed by atoms with van der Waals surface area (Å²) in [5.41, 5.74) is 3.96. The summed E-state index contributed by atoms with van der Waals surface area (Å²) in [6.07, 6.45) is 6.52. The fraction of sp³-hybridized carbons (Fsp3) is 0.438. The summed E-state index contributed by atoms with van der Waals surface area (Å²) in [5, 5.41) is 0. The normalized spacial score (nSPS) is 13.1. The van der Waals surface area contributed by atoms with Gasteiger partial charge in [0.1, 0.15) is 0 Å². The zero-order valence-corrected chi connectivity index (χ0v) is 10.9. The van der Waals surface area contributed by atoms with Crippen molar-refractivity contribution in [3.8, 4) is 0 Å². The van der Waals surface area contributed by atoms with E-state index in [1.165, 1.54) is 16.7 Å². The number of rotatable bonds is 6. The second-order valence-electron chi connectivity index (χ2n) is 4.66. The molecule has 2 nitrogen and oxygen atoms in total. The van der Waals surface area contributed by atoms with Gasteiger partial charge in [0.2, 0.25) is 0 Å². The van der Waals surface area contributed by atoms with Crippen molar-refractivity contribution in [2.45, 2.75) is 39.0 Å². The molecule has 0 fully saturated rings. The van der Waals surface area contributed by atoms with Gasteiger partial charge in [-0.3, -0.25) is 4.79 Å². The molecule has 0 saturated carbocycles. The molecule has 0 atom stereocenters. The Morgan fingerprint density at radius 1 is 1.33 bits per heavy atom. The smallest absolute Gasteiger partial charge is 0.306 e. The number of hydrogen-bond donors (Lipinski definition) is 0. The van der Waals surface area contributed by atoms with Crippen molar-refractivity contribution in [1.29, 1.82) is 0 Å². The monoisotopic (exact) mass is 244 g/mol. The molecule has 0 amide bonds. The molecule has 0 bridgehead atoms. The molecule has 0 spiro atoms. The number of ether oxygens (including phenoxy) is 1. The quantitative estimate of drug-likeness (QED) is 0.562. The SMILES string of the molecule is CCCCOC(=O)CCC1=CCc2ccccc21. The molecule has 0 aromatic heterocycles. The van der Waals surface area contributed by atoms with E-state index in [0.29, 0.717) is 13.0 Å². The summed E-state index contributed by atoms with van der Waals surface area (Å²) in [6.45, 7) is 2.65. The molecule has 0 aliphatic heterocycles. The third-order valence-corrected chi connectivity index (χ3v) is 3.29. The van der Waals surface area contributed by atoms with Gasteiger partial charge in [0, 0.05) is 6.42 Å². The number of carbonyl (C=O) groups is 1. The van der Waals surface area contributed by atoms with Crippen LogP contribution in [0.3, 0.4) is 0 Å². The number of fused-ring (bicyclic) bond motifs is 1. The predicted octanol–water partition coefficient (Wildman–Crippen LogP) is 3.75. The van der Waals surface area contributed by atoms with Gasteiger partial charge in [-0.2, -0.15) is 0 Å². The van der Waals surface area contributed by atoms with Crippen LogP contribution in [0.4, 0.5) is 0 Å². The third-order valence-electron chi connectivity index (χ3n) is 3.29. The van der Waals surface area contributed by atoms with Gasteiger partial charge in [-0.05, 0) is 36.0 Å². The van der Waals surface area contributed by atoms with E-state index in [4.69, 9.17) is 4.74 Å². The topological polar surface area (TPSA) is 26.3 Å². The Labute approximate surface area is 109 Å². The average Bonchev–Trinajstić information content (AvgIpc) is 2.80. The van der Waals surface area contributed by atoms with Gasteiger partial charge in [0.25, 0.3) is 0 Å². The molecule has 1 aliphatic carbocycles. The van der Waals surface area contributed by atoms with Crippen molar-refractivity contribution >= 4 is 11.5 Å². The highest BCUT2D eigenvalue weighted by Crippen LogP contribution is 2.30. The lowest BCUT2D eigenvalue weighted by Gasteiger charge is -2.06. The Morgan fingerprint density at radius 2 is 2.17 bits per heavy atom. The Bertz CT molecular complexity index is 446. The molecule has 1 aromatic carbocycles. The molecular weight excluding hydrogens is 224 g/mol. The minimum Gasteiger partial charge on any atom is -0.466 e. The zero-order chi connectivity index (χ0) is 12.8. The van der Waals surface area contributed by atoms with E-state index in [2.05, 4.69) is 37.3 Å². The number of benzene rings is 1. The highest BCUT2D eigenvalue weighted by atomic mass is 16.5. The molecule has 0 radical (unpaired) electrons. The van der Waals surface area contributed by atoms with E-state index in [0.717, 1.165) is 25.7 Å². The largest absolute Gasteiger partial charge is 0.466 e. The van der Waals surface area contributed by atoms with E-state index in [-0.39, 0.29) is 5.97 Å². The second-order valence-corrected chi connectivity index (χ2v) is 4.66. The van der Waals surface area contributed by atoms with Crippen molar-refractivity contribution in [1.82, 2.24) is 0 Å². The van der Waals surface area contributed by atoms with Crippen LogP contribution in [-0.2, 0) is 16.0 Å².